The van der Waals surface area contributed by atoms with Crippen LogP contribution >= 0.6 is 0 Å². The van der Waals surface area contributed by atoms with Crippen molar-refractivity contribution >= 4 is 22.9 Å². The quantitative estimate of drug-likeness (QED) is 0.879. The molecule has 0 aliphatic rings. The smallest absolute Gasteiger partial charge is 0.221 e. The number of carbonyl (C=O) groups excluding carboxylic acids is 1. The Labute approximate surface area is 97.8 Å². The van der Waals surface area contributed by atoms with Crippen molar-refractivity contribution < 1.29 is 9.18 Å². The molecule has 0 saturated heterocycles. The predicted octanol–water partition coefficient (Wildman–Crippen LogP) is 2.26. The third-order valence-corrected chi connectivity index (χ3v) is 2.34. The molecule has 2 rings (SSSR count). The van der Waals surface area contributed by atoms with Crippen LogP contribution < -0.4 is 5.73 Å². The molecule has 3 nitrogen and oxygen atoms in total. The van der Waals surface area contributed by atoms with Crippen LogP contribution in [0.3, 0.4) is 0 Å². The van der Waals surface area contributed by atoms with Gasteiger partial charge >= 0.3 is 0 Å². The maximum absolute atomic E-state index is 13.6. The number of amides is 1. The van der Waals surface area contributed by atoms with Crippen molar-refractivity contribution in [2.24, 2.45) is 5.73 Å². The summed E-state index contributed by atoms with van der Waals surface area (Å²) in [7, 11) is 0. The average molecular weight is 230 g/mol. The Morgan fingerprint density at radius 3 is 3.06 bits per heavy atom. The highest BCUT2D eigenvalue weighted by molar-refractivity contribution is 5.82. The maximum Gasteiger partial charge on any atom is 0.221 e. The molecule has 86 valence electrons. The fraction of sp³-hybridized carbons (Fsp3) is 0.0769. The van der Waals surface area contributed by atoms with Gasteiger partial charge in [0.25, 0.3) is 0 Å². The van der Waals surface area contributed by atoms with E-state index in [0.29, 0.717) is 11.1 Å². The van der Waals surface area contributed by atoms with Gasteiger partial charge in [-0.25, -0.2) is 4.39 Å². The third kappa shape index (κ3) is 2.66. The Bertz CT molecular complexity index is 593. The molecule has 0 radical (unpaired) electrons. The molecule has 0 unspecified atom stereocenters. The molecule has 1 amide bonds. The van der Waals surface area contributed by atoms with E-state index in [-0.39, 0.29) is 12.2 Å². The Hall–Kier alpha value is -2.23. The first-order valence-electron chi connectivity index (χ1n) is 5.16. The largest absolute Gasteiger partial charge is 0.369 e. The first-order chi connectivity index (χ1) is 8.16. The molecule has 0 aliphatic heterocycles. The van der Waals surface area contributed by atoms with E-state index >= 15 is 0 Å². The van der Waals surface area contributed by atoms with Crippen molar-refractivity contribution in [3.8, 4) is 0 Å². The number of nitrogens with two attached hydrogens (primary N) is 1. The molecule has 1 aromatic carbocycles. The number of nitrogens with zero attached hydrogens (tertiary/aromatic N) is 1. The summed E-state index contributed by atoms with van der Waals surface area (Å²) >= 11 is 0. The minimum atomic E-state index is -0.441. The molecular weight excluding hydrogens is 219 g/mol. The van der Waals surface area contributed by atoms with Crippen LogP contribution in [0.25, 0.3) is 17.0 Å². The van der Waals surface area contributed by atoms with E-state index < -0.39 is 5.91 Å². The number of carbonyl (C=O) groups is 1. The van der Waals surface area contributed by atoms with Gasteiger partial charge in [-0.05, 0) is 12.1 Å². The van der Waals surface area contributed by atoms with Crippen LogP contribution in [0.1, 0.15) is 12.0 Å². The summed E-state index contributed by atoms with van der Waals surface area (Å²) in [5.41, 5.74) is 6.02. The molecule has 17 heavy (non-hydrogen) atoms. The fourth-order valence-electron chi connectivity index (χ4n) is 1.54. The van der Waals surface area contributed by atoms with Crippen LogP contribution in [-0.4, -0.2) is 10.9 Å². The zero-order valence-electron chi connectivity index (χ0n) is 9.06. The molecule has 1 heterocycles. The van der Waals surface area contributed by atoms with E-state index in [1.165, 1.54) is 6.07 Å². The van der Waals surface area contributed by atoms with Crippen LogP contribution in [-0.2, 0) is 4.79 Å². The molecule has 0 saturated carbocycles. The van der Waals surface area contributed by atoms with Crippen molar-refractivity contribution in [3.63, 3.8) is 0 Å². The van der Waals surface area contributed by atoms with Gasteiger partial charge in [0.05, 0.1) is 5.52 Å². The number of benzene rings is 1. The predicted molar refractivity (Wildman–Crippen MR) is 64.5 cm³/mol. The van der Waals surface area contributed by atoms with Crippen LogP contribution in [0.4, 0.5) is 4.39 Å². The van der Waals surface area contributed by atoms with Gasteiger partial charge < -0.3 is 5.73 Å². The highest BCUT2D eigenvalue weighted by Crippen LogP contribution is 2.18. The van der Waals surface area contributed by atoms with Crippen LogP contribution in [0.2, 0.25) is 0 Å². The minimum Gasteiger partial charge on any atom is -0.369 e. The van der Waals surface area contributed by atoms with Crippen LogP contribution in [0, 0.1) is 5.82 Å². The molecular formula is C13H11FN2O. The molecule has 4 heteroatoms. The molecule has 2 aromatic rings. The molecule has 0 atom stereocenters. The number of fused-ring (bicyclic) bond motifs is 1. The lowest BCUT2D eigenvalue weighted by molar-refractivity contribution is -0.117. The Kier molecular flexibility index (Phi) is 3.14. The number of halogens is 1. The number of hydrogen-bond acceptors (Lipinski definition) is 2. The first kappa shape index (κ1) is 11.3. The van der Waals surface area contributed by atoms with Gasteiger partial charge in [-0.3, -0.25) is 9.78 Å². The molecule has 0 spiro atoms. The highest BCUT2D eigenvalue weighted by Gasteiger charge is 2.02. The van der Waals surface area contributed by atoms with Gasteiger partial charge in [-0.15, -0.1) is 0 Å². The van der Waals surface area contributed by atoms with E-state index in [9.17, 15) is 9.18 Å². The van der Waals surface area contributed by atoms with Gasteiger partial charge in [0, 0.05) is 29.6 Å². The highest BCUT2D eigenvalue weighted by atomic mass is 19.1. The van der Waals surface area contributed by atoms with Crippen molar-refractivity contribution in [1.29, 1.82) is 0 Å². The SMILES string of the molecule is NC(=O)CC=Cc1cc2cccnc2cc1F. The zero-order chi connectivity index (χ0) is 12.3. The Morgan fingerprint density at radius 1 is 1.47 bits per heavy atom. The zero-order valence-corrected chi connectivity index (χ0v) is 9.06. The summed E-state index contributed by atoms with van der Waals surface area (Å²) in [6, 6.07) is 6.71. The van der Waals surface area contributed by atoms with Gasteiger partial charge in [-0.1, -0.05) is 18.2 Å². The summed E-state index contributed by atoms with van der Waals surface area (Å²) in [5.74, 6) is -0.805. The van der Waals surface area contributed by atoms with E-state index in [4.69, 9.17) is 5.73 Å². The van der Waals surface area contributed by atoms with Crippen molar-refractivity contribution in [2.75, 3.05) is 0 Å². The summed E-state index contributed by atoms with van der Waals surface area (Å²) in [4.78, 5) is 14.6. The lowest BCUT2D eigenvalue weighted by atomic mass is 10.1. The molecule has 0 fully saturated rings. The molecule has 2 N–H and O–H groups in total. The topological polar surface area (TPSA) is 56.0 Å². The van der Waals surface area contributed by atoms with Gasteiger partial charge in [0.2, 0.25) is 5.91 Å². The normalized spacial score (nSPS) is 11.1. The summed E-state index contributed by atoms with van der Waals surface area (Å²) in [6.07, 6.45) is 4.81. The molecule has 0 aliphatic carbocycles. The summed E-state index contributed by atoms with van der Waals surface area (Å²) in [5, 5.41) is 0.854. The van der Waals surface area contributed by atoms with Gasteiger partial charge in [0.15, 0.2) is 0 Å². The summed E-state index contributed by atoms with van der Waals surface area (Å²) in [6.45, 7) is 0. The van der Waals surface area contributed by atoms with E-state index in [2.05, 4.69) is 4.98 Å². The number of pyridine rings is 1. The van der Waals surface area contributed by atoms with E-state index in [0.717, 1.165) is 5.39 Å². The average Bonchev–Trinajstić information content (AvgIpc) is 2.29. The molecule has 1 aromatic heterocycles. The van der Waals surface area contributed by atoms with Crippen molar-refractivity contribution in [3.05, 3.63) is 47.9 Å². The fourth-order valence-corrected chi connectivity index (χ4v) is 1.54. The van der Waals surface area contributed by atoms with Crippen molar-refractivity contribution in [1.82, 2.24) is 4.98 Å². The third-order valence-electron chi connectivity index (χ3n) is 2.34. The van der Waals surface area contributed by atoms with Crippen LogP contribution in [0.15, 0.2) is 36.5 Å². The summed E-state index contributed by atoms with van der Waals surface area (Å²) < 4.78 is 13.6. The second kappa shape index (κ2) is 4.74. The van der Waals surface area contributed by atoms with E-state index in [1.807, 2.05) is 6.07 Å². The van der Waals surface area contributed by atoms with Crippen molar-refractivity contribution in [2.45, 2.75) is 6.42 Å². The second-order valence-electron chi connectivity index (χ2n) is 3.64. The van der Waals surface area contributed by atoms with Crippen LogP contribution in [0.5, 0.6) is 0 Å². The Morgan fingerprint density at radius 2 is 2.29 bits per heavy atom. The monoisotopic (exact) mass is 230 g/mol. The maximum atomic E-state index is 13.6. The number of primary amides is 1. The second-order valence-corrected chi connectivity index (χ2v) is 3.64. The Balaban J connectivity index is 2.37. The minimum absolute atomic E-state index is 0.102. The lowest BCUT2D eigenvalue weighted by Crippen LogP contribution is -2.07. The molecule has 0 bridgehead atoms. The van der Waals surface area contributed by atoms with Gasteiger partial charge in [0.1, 0.15) is 5.82 Å². The number of rotatable bonds is 3. The number of aromatic nitrogens is 1. The van der Waals surface area contributed by atoms with E-state index in [1.54, 1.807) is 30.5 Å². The standard InChI is InChI=1S/C13H11FN2O/c14-11-8-12-10(4-2-6-16-12)7-9(11)3-1-5-13(15)17/h1-4,6-8H,5H2,(H2,15,17). The van der Waals surface area contributed by atoms with Gasteiger partial charge in [-0.2, -0.15) is 0 Å². The number of hydrogen-bond donors (Lipinski definition) is 1. The lowest BCUT2D eigenvalue weighted by Gasteiger charge is -2.00. The first-order valence-corrected chi connectivity index (χ1v) is 5.16.